The molecule has 0 aliphatic rings. The van der Waals surface area contributed by atoms with Crippen LogP contribution < -0.4 is 0 Å². The van der Waals surface area contributed by atoms with E-state index in [1.54, 1.807) is 0 Å². The highest BCUT2D eigenvalue weighted by atomic mass is 13.8. The first-order chi connectivity index (χ1) is 6.41. The molecular formula is C13H28. The molecule has 0 bridgehead atoms. The van der Waals surface area contributed by atoms with E-state index >= 15 is 0 Å². The topological polar surface area (TPSA) is 0 Å². The Morgan fingerprint density at radius 3 is 1.85 bits per heavy atom. The Labute approximate surface area is 85.8 Å². The second-order valence-corrected chi connectivity index (χ2v) is 2.10. The molecule has 0 aromatic rings. The first kappa shape index (κ1) is 18.3. The van der Waals surface area contributed by atoms with Crippen LogP contribution in [0.2, 0.25) is 0 Å². The van der Waals surface area contributed by atoms with Crippen molar-refractivity contribution < 1.29 is 0 Å². The zero-order valence-corrected chi connectivity index (χ0v) is 10.4. The van der Waals surface area contributed by atoms with Crippen LogP contribution in [0.15, 0.2) is 24.3 Å². The Balaban J connectivity index is -0.000000218. The zero-order chi connectivity index (χ0) is 10.9. The van der Waals surface area contributed by atoms with Crippen molar-refractivity contribution in [1.82, 2.24) is 0 Å². The quantitative estimate of drug-likeness (QED) is 0.407. The normalized spacial score (nSPS) is 9.08. The van der Waals surface area contributed by atoms with Gasteiger partial charge in [-0.25, -0.2) is 0 Å². The number of rotatable bonds is 4. The minimum absolute atomic E-state index is 1.22. The molecule has 0 spiro atoms. The van der Waals surface area contributed by atoms with Gasteiger partial charge in [0, 0.05) is 0 Å². The van der Waals surface area contributed by atoms with Crippen molar-refractivity contribution in [2.45, 2.75) is 60.8 Å². The second kappa shape index (κ2) is 30.0. The van der Waals surface area contributed by atoms with Crippen molar-refractivity contribution in [1.29, 1.82) is 0 Å². The fourth-order valence-electron chi connectivity index (χ4n) is 0.608. The molecule has 0 aliphatic carbocycles. The lowest BCUT2D eigenvalue weighted by atomic mass is 10.2. The number of unbranched alkanes of at least 4 members (excludes halogenated alkanes) is 2. The first-order valence-electron chi connectivity index (χ1n) is 5.69. The molecule has 0 aromatic heterocycles. The van der Waals surface area contributed by atoms with Gasteiger partial charge in [-0.05, 0) is 13.3 Å². The summed E-state index contributed by atoms with van der Waals surface area (Å²) in [7, 11) is 0. The fraction of sp³-hybridized carbons (Fsp3) is 0.692. The summed E-state index contributed by atoms with van der Waals surface area (Å²) in [6, 6.07) is 0. The Morgan fingerprint density at radius 1 is 0.923 bits per heavy atom. The average Bonchev–Trinajstić information content (AvgIpc) is 2.24. The lowest BCUT2D eigenvalue weighted by molar-refractivity contribution is 0.815. The van der Waals surface area contributed by atoms with E-state index in [0.717, 1.165) is 0 Å². The van der Waals surface area contributed by atoms with E-state index in [9.17, 15) is 0 Å². The summed E-state index contributed by atoms with van der Waals surface area (Å²) in [5, 5.41) is 0. The van der Waals surface area contributed by atoms with Gasteiger partial charge in [-0.3, -0.25) is 0 Å². The number of hydrogen-bond donors (Lipinski definition) is 0. The van der Waals surface area contributed by atoms with Crippen LogP contribution in [0.25, 0.3) is 0 Å². The average molecular weight is 184 g/mol. The third kappa shape index (κ3) is 34.4. The molecule has 0 heteroatoms. The molecule has 0 saturated heterocycles. The summed E-state index contributed by atoms with van der Waals surface area (Å²) >= 11 is 0. The molecule has 80 valence electrons. The van der Waals surface area contributed by atoms with Gasteiger partial charge < -0.3 is 0 Å². The van der Waals surface area contributed by atoms with Gasteiger partial charge in [-0.15, -0.1) is 0 Å². The molecule has 0 amide bonds. The van der Waals surface area contributed by atoms with E-state index in [2.05, 4.69) is 25.2 Å². The van der Waals surface area contributed by atoms with Crippen molar-refractivity contribution in [2.24, 2.45) is 0 Å². The van der Waals surface area contributed by atoms with Crippen LogP contribution in [0.3, 0.4) is 0 Å². The lowest BCUT2D eigenvalue weighted by Crippen LogP contribution is -1.64. The molecule has 13 heavy (non-hydrogen) atoms. The van der Waals surface area contributed by atoms with Gasteiger partial charge in [-0.2, -0.15) is 0 Å². The van der Waals surface area contributed by atoms with Gasteiger partial charge in [-0.1, -0.05) is 71.8 Å². The highest BCUT2D eigenvalue weighted by Crippen LogP contribution is 1.94. The summed E-state index contributed by atoms with van der Waals surface area (Å²) in [5.74, 6) is 0. The standard InChI is InChI=1S/C9H16.2C2H6/c1-3-5-7-9-8-6-4-2;2*1-2/h3,5,7,9H,4,6,8H2,1-2H3;2*1-2H3/b5-3-,9-7-;;. The molecule has 0 N–H and O–H groups in total. The van der Waals surface area contributed by atoms with Crippen molar-refractivity contribution in [2.75, 3.05) is 0 Å². The van der Waals surface area contributed by atoms with Crippen LogP contribution in [-0.4, -0.2) is 0 Å². The largest absolute Gasteiger partial charge is 0.0877 e. The van der Waals surface area contributed by atoms with Gasteiger partial charge in [0.05, 0.1) is 0 Å². The maximum Gasteiger partial charge on any atom is -0.0348 e. The van der Waals surface area contributed by atoms with Crippen molar-refractivity contribution in [3.8, 4) is 0 Å². The van der Waals surface area contributed by atoms with Crippen molar-refractivity contribution in [3.05, 3.63) is 24.3 Å². The smallest absolute Gasteiger partial charge is 0.0348 e. The molecule has 0 saturated carbocycles. The van der Waals surface area contributed by atoms with Crippen molar-refractivity contribution in [3.63, 3.8) is 0 Å². The minimum Gasteiger partial charge on any atom is -0.0877 e. The van der Waals surface area contributed by atoms with Gasteiger partial charge >= 0.3 is 0 Å². The van der Waals surface area contributed by atoms with Crippen LogP contribution in [0.5, 0.6) is 0 Å². The molecule has 0 unspecified atom stereocenters. The van der Waals surface area contributed by atoms with E-state index in [1.165, 1.54) is 19.3 Å². The van der Waals surface area contributed by atoms with Gasteiger partial charge in [0.25, 0.3) is 0 Å². The van der Waals surface area contributed by atoms with E-state index in [-0.39, 0.29) is 0 Å². The van der Waals surface area contributed by atoms with Gasteiger partial charge in [0.2, 0.25) is 0 Å². The molecule has 0 fully saturated rings. The SMILES string of the molecule is C/C=C\C=C/CCCC.CC.CC. The summed E-state index contributed by atoms with van der Waals surface area (Å²) in [6.45, 7) is 12.2. The Hall–Kier alpha value is -0.520. The van der Waals surface area contributed by atoms with Crippen LogP contribution in [0, 0.1) is 0 Å². The fourth-order valence-corrected chi connectivity index (χ4v) is 0.608. The van der Waals surface area contributed by atoms with E-state index < -0.39 is 0 Å². The second-order valence-electron chi connectivity index (χ2n) is 2.10. The summed E-state index contributed by atoms with van der Waals surface area (Å²) in [4.78, 5) is 0. The van der Waals surface area contributed by atoms with Gasteiger partial charge in [0.1, 0.15) is 0 Å². The van der Waals surface area contributed by atoms with Crippen LogP contribution >= 0.6 is 0 Å². The Morgan fingerprint density at radius 2 is 1.46 bits per heavy atom. The number of allylic oxidation sites excluding steroid dienone is 4. The molecule has 0 heterocycles. The molecular weight excluding hydrogens is 156 g/mol. The minimum atomic E-state index is 1.22. The monoisotopic (exact) mass is 184 g/mol. The molecule has 0 rings (SSSR count). The zero-order valence-electron chi connectivity index (χ0n) is 10.4. The molecule has 0 nitrogen and oxygen atoms in total. The summed E-state index contributed by atoms with van der Waals surface area (Å²) in [6.07, 6.45) is 12.3. The van der Waals surface area contributed by atoms with Crippen LogP contribution in [0.4, 0.5) is 0 Å². The van der Waals surface area contributed by atoms with E-state index in [4.69, 9.17) is 0 Å². The highest BCUT2D eigenvalue weighted by Gasteiger charge is 1.74. The highest BCUT2D eigenvalue weighted by molar-refractivity contribution is 5.00. The first-order valence-corrected chi connectivity index (χ1v) is 5.69. The maximum absolute atomic E-state index is 2.21. The lowest BCUT2D eigenvalue weighted by Gasteiger charge is -1.84. The molecule has 0 aromatic carbocycles. The third-order valence-electron chi connectivity index (χ3n) is 1.16. The van der Waals surface area contributed by atoms with Crippen LogP contribution in [0.1, 0.15) is 60.8 Å². The van der Waals surface area contributed by atoms with Crippen LogP contribution in [-0.2, 0) is 0 Å². The van der Waals surface area contributed by atoms with E-state index in [0.29, 0.717) is 0 Å². The van der Waals surface area contributed by atoms with E-state index in [1.807, 2.05) is 40.7 Å². The summed E-state index contributed by atoms with van der Waals surface area (Å²) < 4.78 is 0. The Bertz CT molecular complexity index is 88.2. The molecule has 0 aliphatic heterocycles. The predicted molar refractivity (Wildman–Crippen MR) is 66.2 cm³/mol. The third-order valence-corrected chi connectivity index (χ3v) is 1.16. The van der Waals surface area contributed by atoms with Crippen molar-refractivity contribution >= 4 is 0 Å². The summed E-state index contributed by atoms with van der Waals surface area (Å²) in [5.41, 5.74) is 0. The van der Waals surface area contributed by atoms with Gasteiger partial charge in [0.15, 0.2) is 0 Å². The predicted octanol–water partition coefficient (Wildman–Crippen LogP) is 5.36. The number of hydrogen-bond acceptors (Lipinski definition) is 0. The Kier molecular flexibility index (Phi) is 42.3. The maximum atomic E-state index is 2.21. The molecule has 0 atom stereocenters. The molecule has 0 radical (unpaired) electrons.